The van der Waals surface area contributed by atoms with Crippen LogP contribution >= 0.6 is 23.2 Å². The van der Waals surface area contributed by atoms with Crippen LogP contribution in [0.4, 0.5) is 5.69 Å². The molecule has 1 rings (SSSR count). The molecule has 0 aromatic heterocycles. The third-order valence-corrected chi connectivity index (χ3v) is 3.72. The molecule has 0 bridgehead atoms. The monoisotopic (exact) mass is 313 g/mol. The first-order chi connectivity index (χ1) is 9.28. The van der Waals surface area contributed by atoms with E-state index in [0.717, 1.165) is 0 Å². The minimum absolute atomic E-state index is 0.00575. The van der Waals surface area contributed by atoms with Crippen molar-refractivity contribution in [2.75, 3.05) is 11.9 Å². The van der Waals surface area contributed by atoms with Gasteiger partial charge in [-0.3, -0.25) is 4.79 Å². The molecule has 1 aromatic carbocycles. The van der Waals surface area contributed by atoms with Gasteiger partial charge in [-0.05, 0) is 31.0 Å². The van der Waals surface area contributed by atoms with Crippen LogP contribution in [0.15, 0.2) is 18.2 Å². The fourth-order valence-corrected chi connectivity index (χ4v) is 1.80. The molecule has 2 N–H and O–H groups in total. The zero-order valence-electron chi connectivity index (χ0n) is 11.6. The van der Waals surface area contributed by atoms with Crippen molar-refractivity contribution in [3.05, 3.63) is 28.2 Å². The van der Waals surface area contributed by atoms with Crippen molar-refractivity contribution in [2.24, 2.45) is 5.92 Å². The van der Waals surface area contributed by atoms with Crippen LogP contribution < -0.4 is 10.6 Å². The largest absolute Gasteiger partial charge is 0.375 e. The molecule has 0 saturated carbocycles. The second-order valence-electron chi connectivity index (χ2n) is 4.99. The minimum atomic E-state index is -0.892. The van der Waals surface area contributed by atoms with E-state index in [-0.39, 0.29) is 18.4 Å². The Morgan fingerprint density at radius 2 is 2.10 bits per heavy atom. The minimum Gasteiger partial charge on any atom is -0.375 e. The van der Waals surface area contributed by atoms with Crippen molar-refractivity contribution in [2.45, 2.75) is 26.3 Å². The van der Waals surface area contributed by atoms with Crippen LogP contribution in [0.25, 0.3) is 0 Å². The maximum absolute atomic E-state index is 11.9. The molecule has 20 heavy (non-hydrogen) atoms. The van der Waals surface area contributed by atoms with Gasteiger partial charge < -0.3 is 10.6 Å². The summed E-state index contributed by atoms with van der Waals surface area (Å²) in [5, 5.41) is 15.8. The average Bonchev–Trinajstić information content (AvgIpc) is 2.39. The van der Waals surface area contributed by atoms with Gasteiger partial charge >= 0.3 is 0 Å². The highest BCUT2D eigenvalue weighted by molar-refractivity contribution is 6.35. The van der Waals surface area contributed by atoms with Crippen molar-refractivity contribution >= 4 is 34.8 Å². The quantitative estimate of drug-likeness (QED) is 0.875. The lowest BCUT2D eigenvalue weighted by molar-refractivity contribution is -0.121. The number of rotatable bonds is 5. The molecule has 0 aliphatic carbocycles. The number of carbonyl (C=O) groups excluding carboxylic acids is 1. The maximum atomic E-state index is 11.9. The van der Waals surface area contributed by atoms with E-state index in [0.29, 0.717) is 15.7 Å². The number of amides is 1. The Kier molecular flexibility index (Phi) is 5.67. The summed E-state index contributed by atoms with van der Waals surface area (Å²) in [6, 6.07) is 7.08. The summed E-state index contributed by atoms with van der Waals surface area (Å²) in [7, 11) is 0. The molecule has 1 aromatic rings. The molecule has 0 aliphatic rings. The standard InChI is InChI=1S/C14H17Cl2N3O/c1-9(2)14(3,8-17)19-13(20)7-18-12-6-10(15)4-5-11(12)16/h4-6,9,18H,7H2,1-3H3,(H,19,20). The number of benzene rings is 1. The van der Waals surface area contributed by atoms with Gasteiger partial charge in [0.1, 0.15) is 5.54 Å². The number of nitriles is 1. The van der Waals surface area contributed by atoms with E-state index in [1.165, 1.54) is 0 Å². The van der Waals surface area contributed by atoms with Gasteiger partial charge in [0.2, 0.25) is 5.91 Å². The Hall–Kier alpha value is -1.44. The lowest BCUT2D eigenvalue weighted by Crippen LogP contribution is -2.50. The number of hydrogen-bond donors (Lipinski definition) is 2. The van der Waals surface area contributed by atoms with Gasteiger partial charge in [0, 0.05) is 5.02 Å². The van der Waals surface area contributed by atoms with E-state index < -0.39 is 5.54 Å². The number of nitrogens with zero attached hydrogens (tertiary/aromatic N) is 1. The number of carbonyl (C=O) groups is 1. The summed E-state index contributed by atoms with van der Waals surface area (Å²) in [5.74, 6) is -0.273. The van der Waals surface area contributed by atoms with Crippen molar-refractivity contribution in [1.82, 2.24) is 5.32 Å². The lowest BCUT2D eigenvalue weighted by atomic mass is 9.90. The molecule has 1 atom stereocenters. The molecule has 1 unspecified atom stereocenters. The van der Waals surface area contributed by atoms with Crippen LogP contribution in [0.1, 0.15) is 20.8 Å². The fraction of sp³-hybridized carbons (Fsp3) is 0.429. The number of anilines is 1. The zero-order chi connectivity index (χ0) is 15.3. The number of halogens is 2. The Balaban J connectivity index is 2.65. The summed E-state index contributed by atoms with van der Waals surface area (Å²) in [4.78, 5) is 11.9. The van der Waals surface area contributed by atoms with Gasteiger partial charge in [-0.2, -0.15) is 5.26 Å². The first-order valence-electron chi connectivity index (χ1n) is 6.19. The summed E-state index contributed by atoms with van der Waals surface area (Å²) in [6.07, 6.45) is 0. The highest BCUT2D eigenvalue weighted by atomic mass is 35.5. The van der Waals surface area contributed by atoms with E-state index in [4.69, 9.17) is 28.5 Å². The summed E-state index contributed by atoms with van der Waals surface area (Å²) >= 11 is 11.8. The molecule has 4 nitrogen and oxygen atoms in total. The first kappa shape index (κ1) is 16.6. The molecular formula is C14H17Cl2N3O. The smallest absolute Gasteiger partial charge is 0.240 e. The highest BCUT2D eigenvalue weighted by Gasteiger charge is 2.29. The van der Waals surface area contributed by atoms with Gasteiger partial charge in [-0.25, -0.2) is 0 Å². The molecule has 0 spiro atoms. The van der Waals surface area contributed by atoms with E-state index in [1.54, 1.807) is 25.1 Å². The third-order valence-electron chi connectivity index (χ3n) is 3.15. The van der Waals surface area contributed by atoms with Crippen molar-refractivity contribution in [1.29, 1.82) is 5.26 Å². The van der Waals surface area contributed by atoms with E-state index in [1.807, 2.05) is 13.8 Å². The Morgan fingerprint density at radius 1 is 1.45 bits per heavy atom. The van der Waals surface area contributed by atoms with Crippen LogP contribution in [-0.4, -0.2) is 18.0 Å². The molecule has 0 aliphatic heterocycles. The summed E-state index contributed by atoms with van der Waals surface area (Å²) in [5.41, 5.74) is -0.311. The molecule has 0 radical (unpaired) electrons. The fourth-order valence-electron chi connectivity index (χ4n) is 1.44. The molecule has 0 heterocycles. The molecule has 0 fully saturated rings. The van der Waals surface area contributed by atoms with Crippen LogP contribution in [0.2, 0.25) is 10.0 Å². The van der Waals surface area contributed by atoms with Crippen molar-refractivity contribution < 1.29 is 4.79 Å². The second-order valence-corrected chi connectivity index (χ2v) is 5.84. The van der Waals surface area contributed by atoms with Gasteiger partial charge in [0.05, 0.1) is 23.3 Å². The van der Waals surface area contributed by atoms with Crippen LogP contribution in [0.5, 0.6) is 0 Å². The van der Waals surface area contributed by atoms with Crippen LogP contribution in [-0.2, 0) is 4.79 Å². The van der Waals surface area contributed by atoms with Crippen molar-refractivity contribution in [3.63, 3.8) is 0 Å². The maximum Gasteiger partial charge on any atom is 0.240 e. The van der Waals surface area contributed by atoms with Crippen LogP contribution in [0.3, 0.4) is 0 Å². The topological polar surface area (TPSA) is 64.9 Å². The van der Waals surface area contributed by atoms with Crippen molar-refractivity contribution in [3.8, 4) is 6.07 Å². The molecule has 0 saturated heterocycles. The molecular weight excluding hydrogens is 297 g/mol. The Labute approximate surface area is 129 Å². The molecule has 108 valence electrons. The zero-order valence-corrected chi connectivity index (χ0v) is 13.1. The van der Waals surface area contributed by atoms with E-state index >= 15 is 0 Å². The van der Waals surface area contributed by atoms with Gasteiger partial charge in [0.15, 0.2) is 0 Å². The van der Waals surface area contributed by atoms with Gasteiger partial charge in [-0.15, -0.1) is 0 Å². The first-order valence-corrected chi connectivity index (χ1v) is 6.95. The van der Waals surface area contributed by atoms with Gasteiger partial charge in [0.25, 0.3) is 0 Å². The van der Waals surface area contributed by atoms with Gasteiger partial charge in [-0.1, -0.05) is 37.0 Å². The Bertz CT molecular complexity index is 540. The van der Waals surface area contributed by atoms with Crippen LogP contribution in [0, 0.1) is 17.2 Å². The predicted octanol–water partition coefficient (Wildman–Crippen LogP) is 3.46. The molecule has 6 heteroatoms. The SMILES string of the molecule is CC(C)C(C)(C#N)NC(=O)CNc1cc(Cl)ccc1Cl. The second kappa shape index (κ2) is 6.83. The Morgan fingerprint density at radius 3 is 2.65 bits per heavy atom. The molecule has 1 amide bonds. The van der Waals surface area contributed by atoms with E-state index in [9.17, 15) is 4.79 Å². The predicted molar refractivity (Wildman–Crippen MR) is 82.0 cm³/mol. The lowest BCUT2D eigenvalue weighted by Gasteiger charge is -2.27. The number of hydrogen-bond acceptors (Lipinski definition) is 3. The van der Waals surface area contributed by atoms with E-state index in [2.05, 4.69) is 16.7 Å². The normalized spacial score (nSPS) is 13.4. The summed E-state index contributed by atoms with van der Waals surface area (Å²) < 4.78 is 0. The highest BCUT2D eigenvalue weighted by Crippen LogP contribution is 2.25. The number of nitrogens with one attached hydrogen (secondary N) is 2. The summed E-state index contributed by atoms with van der Waals surface area (Å²) in [6.45, 7) is 5.47. The average molecular weight is 314 g/mol. The third kappa shape index (κ3) is 4.29.